The van der Waals surface area contributed by atoms with E-state index in [0.29, 0.717) is 6.42 Å². The zero-order chi connectivity index (χ0) is 17.0. The van der Waals surface area contributed by atoms with Gasteiger partial charge in [0.15, 0.2) is 0 Å². The molecule has 0 saturated heterocycles. The van der Waals surface area contributed by atoms with Gasteiger partial charge >= 0.3 is 0 Å². The molecule has 0 radical (unpaired) electrons. The summed E-state index contributed by atoms with van der Waals surface area (Å²) in [6.07, 6.45) is 0.393. The fourth-order valence-electron chi connectivity index (χ4n) is 2.48. The van der Waals surface area contributed by atoms with Gasteiger partial charge in [-0.2, -0.15) is 0 Å². The summed E-state index contributed by atoms with van der Waals surface area (Å²) in [7, 11) is 0. The van der Waals surface area contributed by atoms with Gasteiger partial charge < -0.3 is 5.32 Å². The number of carbonyl (C=O) groups is 1. The first kappa shape index (κ1) is 17.7. The Balaban J connectivity index is 1.98. The van der Waals surface area contributed by atoms with Crippen molar-refractivity contribution < 1.29 is 4.79 Å². The van der Waals surface area contributed by atoms with E-state index in [1.807, 2.05) is 31.2 Å². The van der Waals surface area contributed by atoms with Crippen molar-refractivity contribution in [2.75, 3.05) is 0 Å². The highest BCUT2D eigenvalue weighted by Gasteiger charge is 2.15. The third kappa shape index (κ3) is 5.21. The summed E-state index contributed by atoms with van der Waals surface area (Å²) in [5.41, 5.74) is 3.58. The zero-order valence-corrected chi connectivity index (χ0v) is 15.8. The highest BCUT2D eigenvalue weighted by atomic mass is 79.9. The Morgan fingerprint density at radius 2 is 1.78 bits per heavy atom. The molecule has 0 aliphatic heterocycles. The monoisotopic (exact) mass is 373 g/mol. The van der Waals surface area contributed by atoms with E-state index >= 15 is 0 Å². The Kier molecular flexibility index (Phi) is 5.64. The second kappa shape index (κ2) is 7.31. The number of benzene rings is 2. The summed E-state index contributed by atoms with van der Waals surface area (Å²) in [4.78, 5) is 12.2. The molecule has 0 aliphatic carbocycles. The molecule has 0 aliphatic rings. The number of hydrogen-bond donors (Lipinski definition) is 1. The summed E-state index contributed by atoms with van der Waals surface area (Å²) < 4.78 is 0.994. The molecule has 0 aromatic heterocycles. The highest BCUT2D eigenvalue weighted by Crippen LogP contribution is 2.24. The quantitative estimate of drug-likeness (QED) is 0.786. The predicted octanol–water partition coefficient (Wildman–Crippen LogP) is 5.17. The van der Waals surface area contributed by atoms with Crippen molar-refractivity contribution in [3.8, 4) is 0 Å². The van der Waals surface area contributed by atoms with E-state index in [0.717, 1.165) is 15.6 Å². The van der Waals surface area contributed by atoms with Crippen molar-refractivity contribution in [1.82, 2.24) is 5.32 Å². The summed E-state index contributed by atoms with van der Waals surface area (Å²) in [5, 5.41) is 3.07. The minimum atomic E-state index is 0.00340. The van der Waals surface area contributed by atoms with Crippen LogP contribution in [0.15, 0.2) is 53.0 Å². The Hall–Kier alpha value is -1.61. The Morgan fingerprint density at radius 3 is 2.35 bits per heavy atom. The number of rotatable bonds is 4. The molecule has 0 heterocycles. The van der Waals surface area contributed by atoms with Gasteiger partial charge in [0.2, 0.25) is 5.91 Å². The van der Waals surface area contributed by atoms with Crippen LogP contribution in [0.2, 0.25) is 0 Å². The number of carbonyl (C=O) groups excluding carboxylic acids is 1. The molecule has 1 N–H and O–H groups in total. The second-order valence-electron chi connectivity index (χ2n) is 6.97. The zero-order valence-electron chi connectivity index (χ0n) is 14.2. The summed E-state index contributed by atoms with van der Waals surface area (Å²) >= 11 is 3.43. The largest absolute Gasteiger partial charge is 0.349 e. The lowest BCUT2D eigenvalue weighted by Gasteiger charge is -2.20. The van der Waals surface area contributed by atoms with Crippen LogP contribution in [-0.4, -0.2) is 5.91 Å². The summed E-state index contributed by atoms with van der Waals surface area (Å²) in [6, 6.07) is 16.3. The van der Waals surface area contributed by atoms with Crippen LogP contribution < -0.4 is 5.32 Å². The lowest BCUT2D eigenvalue weighted by Crippen LogP contribution is -2.28. The minimum absolute atomic E-state index is 0.00340. The van der Waals surface area contributed by atoms with Gasteiger partial charge in [-0.3, -0.25) is 4.79 Å². The molecule has 0 fully saturated rings. The third-order valence-corrected chi connectivity index (χ3v) is 4.40. The molecular formula is C20H24BrNO. The van der Waals surface area contributed by atoms with Crippen LogP contribution in [-0.2, 0) is 16.6 Å². The van der Waals surface area contributed by atoms with Crippen molar-refractivity contribution in [2.24, 2.45) is 0 Å². The molecule has 2 nitrogen and oxygen atoms in total. The molecular weight excluding hydrogens is 350 g/mol. The average molecular weight is 374 g/mol. The average Bonchev–Trinajstić information content (AvgIpc) is 2.46. The number of nitrogens with one attached hydrogen (secondary N) is 1. The Labute approximate surface area is 147 Å². The van der Waals surface area contributed by atoms with Crippen LogP contribution in [0.1, 0.15) is 50.4 Å². The van der Waals surface area contributed by atoms with Gasteiger partial charge in [0.05, 0.1) is 12.5 Å². The van der Waals surface area contributed by atoms with E-state index in [-0.39, 0.29) is 17.4 Å². The highest BCUT2D eigenvalue weighted by molar-refractivity contribution is 9.10. The number of amides is 1. The van der Waals surface area contributed by atoms with E-state index in [2.05, 4.69) is 66.3 Å². The maximum atomic E-state index is 12.2. The molecule has 2 rings (SSSR count). The lowest BCUT2D eigenvalue weighted by molar-refractivity contribution is -0.121. The topological polar surface area (TPSA) is 29.1 Å². The number of hydrogen-bond acceptors (Lipinski definition) is 1. The van der Waals surface area contributed by atoms with Gasteiger partial charge in [0, 0.05) is 4.47 Å². The van der Waals surface area contributed by atoms with E-state index in [4.69, 9.17) is 0 Å². The molecule has 122 valence electrons. The number of halogens is 1. The standard InChI is InChI=1S/C20H24BrNO/c1-14(16-8-10-17(11-9-16)20(2,3)4)22-19(23)13-15-6-5-7-18(21)12-15/h5-12,14H,13H2,1-4H3,(H,22,23)/t14-/m0/s1. The molecule has 2 aromatic carbocycles. The summed E-state index contributed by atoms with van der Waals surface area (Å²) in [5.74, 6) is 0.0375. The van der Waals surface area contributed by atoms with Gasteiger partial charge in [0.25, 0.3) is 0 Å². The van der Waals surface area contributed by atoms with Gasteiger partial charge in [0.1, 0.15) is 0 Å². The maximum Gasteiger partial charge on any atom is 0.224 e. The molecule has 0 saturated carbocycles. The van der Waals surface area contributed by atoms with Crippen LogP contribution >= 0.6 is 15.9 Å². The molecule has 2 aromatic rings. The molecule has 0 bridgehead atoms. The normalized spacial score (nSPS) is 12.7. The predicted molar refractivity (Wildman–Crippen MR) is 99.5 cm³/mol. The van der Waals surface area contributed by atoms with Crippen LogP contribution in [0.4, 0.5) is 0 Å². The van der Waals surface area contributed by atoms with E-state index in [1.165, 1.54) is 5.56 Å². The second-order valence-corrected chi connectivity index (χ2v) is 7.88. The fraction of sp³-hybridized carbons (Fsp3) is 0.350. The van der Waals surface area contributed by atoms with Gasteiger partial charge in [-0.05, 0) is 41.2 Å². The fourth-order valence-corrected chi connectivity index (χ4v) is 2.93. The smallest absolute Gasteiger partial charge is 0.224 e. The molecule has 1 atom stereocenters. The van der Waals surface area contributed by atoms with Crippen LogP contribution in [0.3, 0.4) is 0 Å². The van der Waals surface area contributed by atoms with Crippen LogP contribution in [0.25, 0.3) is 0 Å². The first-order valence-corrected chi connectivity index (χ1v) is 8.69. The SMILES string of the molecule is C[C@H](NC(=O)Cc1cccc(Br)c1)c1ccc(C(C)(C)C)cc1. The molecule has 0 unspecified atom stereocenters. The van der Waals surface area contributed by atoms with Crippen molar-refractivity contribution in [3.05, 3.63) is 69.7 Å². The van der Waals surface area contributed by atoms with Crippen molar-refractivity contribution >= 4 is 21.8 Å². The first-order chi connectivity index (χ1) is 10.8. The van der Waals surface area contributed by atoms with Crippen molar-refractivity contribution in [2.45, 2.75) is 45.6 Å². The molecule has 0 spiro atoms. The minimum Gasteiger partial charge on any atom is -0.349 e. The summed E-state index contributed by atoms with van der Waals surface area (Å²) in [6.45, 7) is 8.62. The molecule has 3 heteroatoms. The van der Waals surface area contributed by atoms with Gasteiger partial charge in [-0.15, -0.1) is 0 Å². The molecule has 1 amide bonds. The lowest BCUT2D eigenvalue weighted by atomic mass is 9.86. The van der Waals surface area contributed by atoms with Crippen LogP contribution in [0, 0.1) is 0 Å². The van der Waals surface area contributed by atoms with Crippen molar-refractivity contribution in [3.63, 3.8) is 0 Å². The Morgan fingerprint density at radius 1 is 1.13 bits per heavy atom. The van der Waals surface area contributed by atoms with E-state index in [9.17, 15) is 4.79 Å². The molecule has 23 heavy (non-hydrogen) atoms. The first-order valence-electron chi connectivity index (χ1n) is 7.90. The van der Waals surface area contributed by atoms with E-state index in [1.54, 1.807) is 0 Å². The van der Waals surface area contributed by atoms with E-state index < -0.39 is 0 Å². The Bertz CT molecular complexity index is 671. The van der Waals surface area contributed by atoms with Crippen LogP contribution in [0.5, 0.6) is 0 Å². The third-order valence-electron chi connectivity index (χ3n) is 3.91. The van der Waals surface area contributed by atoms with Crippen molar-refractivity contribution in [1.29, 1.82) is 0 Å². The maximum absolute atomic E-state index is 12.2. The van der Waals surface area contributed by atoms with Gasteiger partial charge in [-0.25, -0.2) is 0 Å². The van der Waals surface area contributed by atoms with Gasteiger partial charge in [-0.1, -0.05) is 73.1 Å².